The van der Waals surface area contributed by atoms with Crippen LogP contribution in [0, 0.1) is 5.92 Å². The van der Waals surface area contributed by atoms with Gasteiger partial charge in [0, 0.05) is 25.8 Å². The largest absolute Gasteiger partial charge is 0.345 e. The molecule has 94 valence electrons. The molecule has 0 radical (unpaired) electrons. The number of hydrogen-bond donors (Lipinski definition) is 0. The van der Waals surface area contributed by atoms with Crippen LogP contribution in [0.1, 0.15) is 12.8 Å². The molecule has 2 aromatic heterocycles. The lowest BCUT2D eigenvalue weighted by Gasteiger charge is -2.29. The third-order valence-corrected chi connectivity index (χ3v) is 3.63. The number of amides is 1. The summed E-state index contributed by atoms with van der Waals surface area (Å²) in [5, 5.41) is 0. The first kappa shape index (κ1) is 11.2. The monoisotopic (exact) mass is 244 g/mol. The molecule has 5 heteroatoms. The van der Waals surface area contributed by atoms with E-state index in [2.05, 4.69) is 14.5 Å². The van der Waals surface area contributed by atoms with E-state index in [0.717, 1.165) is 50.0 Å². The minimum absolute atomic E-state index is 0.612. The lowest BCUT2D eigenvalue weighted by atomic mass is 9.97. The molecule has 1 fully saturated rings. The van der Waals surface area contributed by atoms with Gasteiger partial charge < -0.3 is 9.47 Å². The van der Waals surface area contributed by atoms with Crippen molar-refractivity contribution in [1.82, 2.24) is 19.4 Å². The number of imidazole rings is 1. The van der Waals surface area contributed by atoms with Crippen molar-refractivity contribution in [2.24, 2.45) is 5.92 Å². The first-order valence-electron chi connectivity index (χ1n) is 6.32. The molecule has 0 atom stereocenters. The zero-order valence-corrected chi connectivity index (χ0v) is 10.2. The Labute approximate surface area is 105 Å². The first-order chi connectivity index (χ1) is 8.86. The first-order valence-corrected chi connectivity index (χ1v) is 6.32. The van der Waals surface area contributed by atoms with Crippen molar-refractivity contribution in [2.45, 2.75) is 19.4 Å². The van der Waals surface area contributed by atoms with Crippen molar-refractivity contribution in [1.29, 1.82) is 0 Å². The summed E-state index contributed by atoms with van der Waals surface area (Å²) >= 11 is 0. The van der Waals surface area contributed by atoms with Gasteiger partial charge in [-0.15, -0.1) is 0 Å². The zero-order chi connectivity index (χ0) is 12.4. The standard InChI is InChI=1S/C13H16N4O/c18-10-16-6-3-11(4-7-16)8-17-9-15-12-2-1-5-14-13(12)17/h1-2,5,9-11H,3-4,6-8H2. The van der Waals surface area contributed by atoms with Gasteiger partial charge in [-0.1, -0.05) is 0 Å². The van der Waals surface area contributed by atoms with Crippen LogP contribution < -0.4 is 0 Å². The fraction of sp³-hybridized carbons (Fsp3) is 0.462. The SMILES string of the molecule is O=CN1CCC(Cn2cnc3cccnc32)CC1. The Morgan fingerprint density at radius 1 is 1.33 bits per heavy atom. The molecule has 1 amide bonds. The molecule has 1 aliphatic rings. The van der Waals surface area contributed by atoms with Gasteiger partial charge in [0.15, 0.2) is 5.65 Å². The van der Waals surface area contributed by atoms with E-state index in [9.17, 15) is 4.79 Å². The van der Waals surface area contributed by atoms with Gasteiger partial charge in [0.25, 0.3) is 0 Å². The smallest absolute Gasteiger partial charge is 0.209 e. The fourth-order valence-corrected chi connectivity index (χ4v) is 2.55. The Kier molecular flexibility index (Phi) is 2.96. The summed E-state index contributed by atoms with van der Waals surface area (Å²) < 4.78 is 2.12. The minimum atomic E-state index is 0.612. The van der Waals surface area contributed by atoms with Crippen LogP contribution in [0.25, 0.3) is 11.2 Å². The van der Waals surface area contributed by atoms with Gasteiger partial charge >= 0.3 is 0 Å². The van der Waals surface area contributed by atoms with Gasteiger partial charge in [-0.2, -0.15) is 0 Å². The molecule has 0 aromatic carbocycles. The lowest BCUT2D eigenvalue weighted by Crippen LogP contribution is -2.33. The van der Waals surface area contributed by atoms with Crippen LogP contribution in [-0.4, -0.2) is 38.9 Å². The fourth-order valence-electron chi connectivity index (χ4n) is 2.55. The van der Waals surface area contributed by atoms with E-state index in [0.29, 0.717) is 5.92 Å². The summed E-state index contributed by atoms with van der Waals surface area (Å²) in [6, 6.07) is 3.88. The molecule has 2 aromatic rings. The van der Waals surface area contributed by atoms with Gasteiger partial charge in [-0.05, 0) is 30.9 Å². The number of nitrogens with zero attached hydrogens (tertiary/aromatic N) is 4. The molecule has 3 rings (SSSR count). The molecular formula is C13H16N4O. The lowest BCUT2D eigenvalue weighted by molar-refractivity contribution is -0.119. The number of likely N-dealkylation sites (tertiary alicyclic amines) is 1. The topological polar surface area (TPSA) is 51.0 Å². The molecule has 5 nitrogen and oxygen atoms in total. The van der Waals surface area contributed by atoms with Crippen LogP contribution >= 0.6 is 0 Å². The quantitative estimate of drug-likeness (QED) is 0.765. The second kappa shape index (κ2) is 4.76. The highest BCUT2D eigenvalue weighted by Gasteiger charge is 2.19. The minimum Gasteiger partial charge on any atom is -0.345 e. The average molecular weight is 244 g/mol. The summed E-state index contributed by atoms with van der Waals surface area (Å²) in [5.74, 6) is 0.612. The number of carbonyl (C=O) groups excluding carboxylic acids is 1. The Bertz CT molecular complexity index is 543. The Morgan fingerprint density at radius 2 is 2.17 bits per heavy atom. The molecular weight excluding hydrogens is 228 g/mol. The van der Waals surface area contributed by atoms with Crippen molar-refractivity contribution in [3.63, 3.8) is 0 Å². The zero-order valence-electron chi connectivity index (χ0n) is 10.2. The van der Waals surface area contributed by atoms with Crippen LogP contribution in [0.3, 0.4) is 0 Å². The number of hydrogen-bond acceptors (Lipinski definition) is 3. The average Bonchev–Trinajstić information content (AvgIpc) is 2.83. The highest BCUT2D eigenvalue weighted by Crippen LogP contribution is 2.20. The van der Waals surface area contributed by atoms with E-state index in [1.165, 1.54) is 0 Å². The molecule has 0 spiro atoms. The van der Waals surface area contributed by atoms with E-state index in [1.54, 1.807) is 6.20 Å². The molecule has 0 saturated carbocycles. The maximum atomic E-state index is 10.7. The third kappa shape index (κ3) is 2.08. The van der Waals surface area contributed by atoms with E-state index in [1.807, 2.05) is 23.4 Å². The second-order valence-electron chi connectivity index (χ2n) is 4.83. The van der Waals surface area contributed by atoms with Crippen molar-refractivity contribution in [3.05, 3.63) is 24.7 Å². The highest BCUT2D eigenvalue weighted by atomic mass is 16.1. The van der Waals surface area contributed by atoms with Gasteiger partial charge in [-0.25, -0.2) is 9.97 Å². The number of pyridine rings is 1. The van der Waals surface area contributed by atoms with Gasteiger partial charge in [0.2, 0.25) is 6.41 Å². The predicted octanol–water partition coefficient (Wildman–Crippen LogP) is 1.30. The Morgan fingerprint density at radius 3 is 2.94 bits per heavy atom. The number of rotatable bonds is 3. The predicted molar refractivity (Wildman–Crippen MR) is 67.9 cm³/mol. The van der Waals surface area contributed by atoms with Crippen molar-refractivity contribution < 1.29 is 4.79 Å². The summed E-state index contributed by atoms with van der Waals surface area (Å²) in [4.78, 5) is 21.2. The van der Waals surface area contributed by atoms with Crippen LogP contribution in [0.15, 0.2) is 24.7 Å². The summed E-state index contributed by atoms with van der Waals surface area (Å²) in [6.07, 6.45) is 6.74. The number of fused-ring (bicyclic) bond motifs is 1. The maximum absolute atomic E-state index is 10.7. The van der Waals surface area contributed by atoms with E-state index < -0.39 is 0 Å². The van der Waals surface area contributed by atoms with Crippen molar-refractivity contribution >= 4 is 17.6 Å². The van der Waals surface area contributed by atoms with Gasteiger partial charge in [0.05, 0.1) is 6.33 Å². The molecule has 0 N–H and O–H groups in total. The van der Waals surface area contributed by atoms with E-state index in [4.69, 9.17) is 0 Å². The van der Waals surface area contributed by atoms with Gasteiger partial charge in [0.1, 0.15) is 5.52 Å². The number of carbonyl (C=O) groups is 1. The van der Waals surface area contributed by atoms with Crippen LogP contribution in [0.4, 0.5) is 0 Å². The van der Waals surface area contributed by atoms with Crippen molar-refractivity contribution in [3.8, 4) is 0 Å². The van der Waals surface area contributed by atoms with Crippen LogP contribution in [0.2, 0.25) is 0 Å². The molecule has 0 unspecified atom stereocenters. The normalized spacial score (nSPS) is 17.2. The Balaban J connectivity index is 1.71. The van der Waals surface area contributed by atoms with E-state index in [-0.39, 0.29) is 0 Å². The Hall–Kier alpha value is -1.91. The summed E-state index contributed by atoms with van der Waals surface area (Å²) in [6.45, 7) is 2.68. The third-order valence-electron chi connectivity index (χ3n) is 3.63. The van der Waals surface area contributed by atoms with Crippen LogP contribution in [-0.2, 0) is 11.3 Å². The maximum Gasteiger partial charge on any atom is 0.209 e. The van der Waals surface area contributed by atoms with Gasteiger partial charge in [-0.3, -0.25) is 4.79 Å². The molecule has 18 heavy (non-hydrogen) atoms. The summed E-state index contributed by atoms with van der Waals surface area (Å²) in [5.41, 5.74) is 1.90. The molecule has 1 saturated heterocycles. The van der Waals surface area contributed by atoms with E-state index >= 15 is 0 Å². The molecule has 0 bridgehead atoms. The number of aromatic nitrogens is 3. The second-order valence-corrected chi connectivity index (χ2v) is 4.83. The summed E-state index contributed by atoms with van der Waals surface area (Å²) in [7, 11) is 0. The highest BCUT2D eigenvalue weighted by molar-refractivity contribution is 5.69. The molecule has 0 aliphatic carbocycles. The van der Waals surface area contributed by atoms with Crippen molar-refractivity contribution in [2.75, 3.05) is 13.1 Å². The van der Waals surface area contributed by atoms with Crippen LogP contribution in [0.5, 0.6) is 0 Å². The molecule has 3 heterocycles. The number of piperidine rings is 1. The molecule has 1 aliphatic heterocycles.